The van der Waals surface area contributed by atoms with Crippen molar-refractivity contribution in [3.8, 4) is 5.75 Å². The maximum atomic E-state index is 12.5. The summed E-state index contributed by atoms with van der Waals surface area (Å²) in [5, 5.41) is 0. The van der Waals surface area contributed by atoms with Crippen LogP contribution >= 0.6 is 0 Å². The molecule has 1 saturated heterocycles. The highest BCUT2D eigenvalue weighted by Gasteiger charge is 2.26. The molecule has 1 fully saturated rings. The minimum absolute atomic E-state index is 0.0165. The fourth-order valence-corrected chi connectivity index (χ4v) is 3.67. The molecule has 7 nitrogen and oxygen atoms in total. The Morgan fingerprint density at radius 3 is 2.63 bits per heavy atom. The minimum atomic E-state index is -0.133. The van der Waals surface area contributed by atoms with E-state index < -0.39 is 0 Å². The van der Waals surface area contributed by atoms with Gasteiger partial charge in [0.25, 0.3) is 11.8 Å². The molecule has 2 amide bonds. The standard InChI is InChI=1S/C20H23N3O4/c24-19(14-27-17-7-8-21-16-5-2-1-4-15(16)17)22-9-11-23(12-10-22)20(25)18-6-3-13-26-18/h3,6-8,13H,1-2,4-5,9-12,14H2. The molecule has 1 aliphatic carbocycles. The molecule has 2 aromatic rings. The predicted octanol–water partition coefficient (Wildman–Crippen LogP) is 1.92. The molecule has 2 aliphatic rings. The lowest BCUT2D eigenvalue weighted by molar-refractivity contribution is -0.134. The number of furan rings is 1. The third-order valence-electron chi connectivity index (χ3n) is 5.20. The normalized spacial score (nSPS) is 16.7. The molecule has 7 heteroatoms. The van der Waals surface area contributed by atoms with Crippen LogP contribution in [0, 0.1) is 0 Å². The van der Waals surface area contributed by atoms with Crippen LogP contribution in [0.4, 0.5) is 0 Å². The minimum Gasteiger partial charge on any atom is -0.483 e. The van der Waals surface area contributed by atoms with E-state index in [0.717, 1.165) is 42.7 Å². The molecular formula is C20H23N3O4. The van der Waals surface area contributed by atoms with Crippen molar-refractivity contribution in [1.82, 2.24) is 14.8 Å². The highest BCUT2D eigenvalue weighted by atomic mass is 16.5. The highest BCUT2D eigenvalue weighted by molar-refractivity contribution is 5.91. The first-order valence-electron chi connectivity index (χ1n) is 9.42. The summed E-state index contributed by atoms with van der Waals surface area (Å²) < 4.78 is 11.0. The lowest BCUT2D eigenvalue weighted by Crippen LogP contribution is -2.51. The quantitative estimate of drug-likeness (QED) is 0.823. The van der Waals surface area contributed by atoms with E-state index in [1.807, 2.05) is 6.07 Å². The molecule has 0 bridgehead atoms. The van der Waals surface area contributed by atoms with Gasteiger partial charge in [-0.3, -0.25) is 14.6 Å². The number of ether oxygens (including phenoxy) is 1. The smallest absolute Gasteiger partial charge is 0.289 e. The molecule has 0 unspecified atom stereocenters. The Hall–Kier alpha value is -2.83. The van der Waals surface area contributed by atoms with Crippen LogP contribution in [-0.4, -0.2) is 59.4 Å². The van der Waals surface area contributed by atoms with Gasteiger partial charge in [-0.25, -0.2) is 0 Å². The number of nitrogens with zero attached hydrogens (tertiary/aromatic N) is 3. The first-order valence-corrected chi connectivity index (χ1v) is 9.42. The van der Waals surface area contributed by atoms with Gasteiger partial charge in [-0.2, -0.15) is 0 Å². The number of carbonyl (C=O) groups is 2. The zero-order valence-electron chi connectivity index (χ0n) is 15.2. The summed E-state index contributed by atoms with van der Waals surface area (Å²) >= 11 is 0. The fourth-order valence-electron chi connectivity index (χ4n) is 3.67. The molecular weight excluding hydrogens is 346 g/mol. The van der Waals surface area contributed by atoms with Crippen LogP contribution in [0.25, 0.3) is 0 Å². The van der Waals surface area contributed by atoms with Crippen molar-refractivity contribution in [3.05, 3.63) is 47.7 Å². The molecule has 27 heavy (non-hydrogen) atoms. The number of amides is 2. The summed E-state index contributed by atoms with van der Waals surface area (Å²) in [6.45, 7) is 2.01. The number of aromatic nitrogens is 1. The topological polar surface area (TPSA) is 75.9 Å². The fraction of sp³-hybridized carbons (Fsp3) is 0.450. The molecule has 0 aromatic carbocycles. The van der Waals surface area contributed by atoms with Crippen molar-refractivity contribution >= 4 is 11.8 Å². The zero-order valence-corrected chi connectivity index (χ0v) is 15.2. The summed E-state index contributed by atoms with van der Waals surface area (Å²) in [6.07, 6.45) is 7.47. The Balaban J connectivity index is 1.30. The lowest BCUT2D eigenvalue weighted by Gasteiger charge is -2.34. The molecule has 1 aliphatic heterocycles. The summed E-state index contributed by atoms with van der Waals surface area (Å²) in [6, 6.07) is 5.20. The van der Waals surface area contributed by atoms with Gasteiger partial charge in [0.2, 0.25) is 0 Å². The monoisotopic (exact) mass is 369 g/mol. The summed E-state index contributed by atoms with van der Waals surface area (Å²) in [4.78, 5) is 32.7. The second kappa shape index (κ2) is 7.82. The number of piperazine rings is 1. The second-order valence-corrected chi connectivity index (χ2v) is 6.88. The predicted molar refractivity (Wildman–Crippen MR) is 97.6 cm³/mol. The molecule has 0 saturated carbocycles. The van der Waals surface area contributed by atoms with E-state index in [9.17, 15) is 9.59 Å². The van der Waals surface area contributed by atoms with Crippen molar-refractivity contribution in [3.63, 3.8) is 0 Å². The molecule has 0 spiro atoms. The zero-order chi connectivity index (χ0) is 18.6. The van der Waals surface area contributed by atoms with Crippen LogP contribution in [0.3, 0.4) is 0 Å². The Kier molecular flexibility index (Phi) is 5.09. The average molecular weight is 369 g/mol. The van der Waals surface area contributed by atoms with E-state index in [1.165, 1.54) is 6.26 Å². The van der Waals surface area contributed by atoms with Crippen molar-refractivity contribution in [1.29, 1.82) is 0 Å². The maximum Gasteiger partial charge on any atom is 0.289 e. The van der Waals surface area contributed by atoms with Gasteiger partial charge < -0.3 is 19.0 Å². The van der Waals surface area contributed by atoms with Gasteiger partial charge in [-0.05, 0) is 43.9 Å². The van der Waals surface area contributed by atoms with Gasteiger partial charge in [-0.1, -0.05) is 0 Å². The van der Waals surface area contributed by atoms with Crippen molar-refractivity contribution in [2.24, 2.45) is 0 Å². The summed E-state index contributed by atoms with van der Waals surface area (Å²) in [7, 11) is 0. The first-order chi connectivity index (χ1) is 13.2. The number of fused-ring (bicyclic) bond motifs is 1. The van der Waals surface area contributed by atoms with Crippen LogP contribution in [0.2, 0.25) is 0 Å². The Labute approximate surface area is 157 Å². The van der Waals surface area contributed by atoms with Crippen molar-refractivity contribution in [2.45, 2.75) is 25.7 Å². The number of hydrogen-bond donors (Lipinski definition) is 0. The van der Waals surface area contributed by atoms with Gasteiger partial charge in [0.15, 0.2) is 12.4 Å². The number of hydrogen-bond acceptors (Lipinski definition) is 5. The average Bonchev–Trinajstić information content (AvgIpc) is 3.26. The van der Waals surface area contributed by atoms with Gasteiger partial charge >= 0.3 is 0 Å². The molecule has 0 radical (unpaired) electrons. The van der Waals surface area contributed by atoms with Gasteiger partial charge in [-0.15, -0.1) is 0 Å². The van der Waals surface area contributed by atoms with Gasteiger partial charge in [0.1, 0.15) is 5.75 Å². The SMILES string of the molecule is O=C(COc1ccnc2c1CCCC2)N1CCN(C(=O)c2ccco2)CC1. The van der Waals surface area contributed by atoms with Crippen LogP contribution in [0.5, 0.6) is 5.75 Å². The van der Waals surface area contributed by atoms with Crippen LogP contribution < -0.4 is 4.74 Å². The third-order valence-corrected chi connectivity index (χ3v) is 5.20. The molecule has 2 aromatic heterocycles. The first kappa shape index (κ1) is 17.6. The largest absolute Gasteiger partial charge is 0.483 e. The van der Waals surface area contributed by atoms with Crippen molar-refractivity contribution in [2.75, 3.05) is 32.8 Å². The number of carbonyl (C=O) groups excluding carboxylic acids is 2. The van der Waals surface area contributed by atoms with Gasteiger partial charge in [0.05, 0.1) is 6.26 Å². The Bertz CT molecular complexity index is 811. The molecule has 4 rings (SSSR count). The Morgan fingerprint density at radius 1 is 1.07 bits per heavy atom. The summed E-state index contributed by atoms with van der Waals surface area (Å²) in [5.74, 6) is 0.925. The van der Waals surface area contributed by atoms with Crippen LogP contribution in [0.1, 0.15) is 34.7 Å². The van der Waals surface area contributed by atoms with E-state index in [-0.39, 0.29) is 18.4 Å². The third kappa shape index (κ3) is 3.82. The van der Waals surface area contributed by atoms with Crippen LogP contribution in [-0.2, 0) is 17.6 Å². The number of aryl methyl sites for hydroxylation is 1. The number of pyridine rings is 1. The maximum absolute atomic E-state index is 12.5. The van der Waals surface area contributed by atoms with E-state index in [1.54, 1.807) is 28.1 Å². The second-order valence-electron chi connectivity index (χ2n) is 6.88. The molecule has 3 heterocycles. The van der Waals surface area contributed by atoms with E-state index in [2.05, 4.69) is 4.98 Å². The lowest BCUT2D eigenvalue weighted by atomic mass is 9.95. The van der Waals surface area contributed by atoms with Crippen molar-refractivity contribution < 1.29 is 18.7 Å². The van der Waals surface area contributed by atoms with E-state index >= 15 is 0 Å². The van der Waals surface area contributed by atoms with E-state index in [4.69, 9.17) is 9.15 Å². The highest BCUT2D eigenvalue weighted by Crippen LogP contribution is 2.27. The van der Waals surface area contributed by atoms with E-state index in [0.29, 0.717) is 31.9 Å². The number of rotatable bonds is 4. The van der Waals surface area contributed by atoms with Gasteiger partial charge in [0, 0.05) is 43.6 Å². The molecule has 0 atom stereocenters. The van der Waals surface area contributed by atoms with Crippen LogP contribution in [0.15, 0.2) is 35.1 Å². The molecule has 142 valence electrons. The Morgan fingerprint density at radius 2 is 1.85 bits per heavy atom. The summed E-state index contributed by atoms with van der Waals surface area (Å²) in [5.41, 5.74) is 2.24. The molecule has 0 N–H and O–H groups in total.